The van der Waals surface area contributed by atoms with Gasteiger partial charge in [-0.2, -0.15) is 0 Å². The lowest BCUT2D eigenvalue weighted by molar-refractivity contribution is -0.323. The molecular weight excluding hydrogens is 233 g/mol. The Morgan fingerprint density at radius 3 is 2.41 bits per heavy atom. The van der Waals surface area contributed by atoms with E-state index in [1.54, 1.807) is 0 Å². The highest BCUT2D eigenvalue weighted by molar-refractivity contribution is 4.55. The molecule has 17 heavy (non-hydrogen) atoms. The zero-order valence-electron chi connectivity index (χ0n) is 10.6. The van der Waals surface area contributed by atoms with Crippen molar-refractivity contribution in [2.75, 3.05) is 39.8 Å². The van der Waals surface area contributed by atoms with E-state index in [0.29, 0.717) is 6.54 Å². The molecule has 0 saturated heterocycles. The smallest absolute Gasteiger partial charge is 0.313 e. The van der Waals surface area contributed by atoms with Gasteiger partial charge in [0, 0.05) is 19.6 Å². The van der Waals surface area contributed by atoms with Gasteiger partial charge >= 0.3 is 6.36 Å². The number of hydrogen-bond acceptors (Lipinski definition) is 3. The van der Waals surface area contributed by atoms with Gasteiger partial charge in [-0.3, -0.25) is 4.74 Å². The fourth-order valence-corrected chi connectivity index (χ4v) is 1.38. The van der Waals surface area contributed by atoms with E-state index in [2.05, 4.69) is 21.9 Å². The van der Waals surface area contributed by atoms with Crippen LogP contribution in [-0.4, -0.2) is 51.1 Å². The number of unbranched alkanes of at least 4 members (excludes halogenated alkanes) is 2. The van der Waals surface area contributed by atoms with Gasteiger partial charge in [0.05, 0.1) is 6.61 Å². The number of alkyl halides is 3. The third kappa shape index (κ3) is 13.6. The number of ether oxygens (including phenoxy) is 1. The Labute approximate surface area is 101 Å². The highest BCUT2D eigenvalue weighted by Crippen LogP contribution is 2.14. The number of hydrogen-bond donors (Lipinski definition) is 1. The van der Waals surface area contributed by atoms with Crippen molar-refractivity contribution in [3.63, 3.8) is 0 Å². The first-order valence-corrected chi connectivity index (χ1v) is 6.05. The molecule has 0 atom stereocenters. The molecule has 0 radical (unpaired) electrons. The van der Waals surface area contributed by atoms with Crippen LogP contribution in [0.3, 0.4) is 0 Å². The first-order valence-electron chi connectivity index (χ1n) is 6.05. The highest BCUT2D eigenvalue weighted by atomic mass is 19.4. The van der Waals surface area contributed by atoms with Crippen LogP contribution in [0.25, 0.3) is 0 Å². The quantitative estimate of drug-likeness (QED) is 0.607. The maximum Gasteiger partial charge on any atom is 0.522 e. The van der Waals surface area contributed by atoms with Gasteiger partial charge < -0.3 is 10.2 Å². The highest BCUT2D eigenvalue weighted by Gasteiger charge is 2.28. The van der Waals surface area contributed by atoms with Crippen molar-refractivity contribution < 1.29 is 17.9 Å². The summed E-state index contributed by atoms with van der Waals surface area (Å²) in [5, 5.41) is 2.91. The Morgan fingerprint density at radius 1 is 1.12 bits per heavy atom. The molecule has 0 heterocycles. The molecule has 0 aromatic rings. The molecule has 0 amide bonds. The minimum atomic E-state index is -4.52. The van der Waals surface area contributed by atoms with Gasteiger partial charge in [0.25, 0.3) is 0 Å². The molecular formula is C11H23F3N2O. The molecule has 0 aliphatic carbocycles. The van der Waals surface area contributed by atoms with Crippen LogP contribution < -0.4 is 5.32 Å². The summed E-state index contributed by atoms with van der Waals surface area (Å²) in [6, 6.07) is 0. The molecule has 0 aromatic heterocycles. The zero-order chi connectivity index (χ0) is 13.1. The molecule has 0 aliphatic heterocycles. The molecule has 0 aliphatic rings. The van der Waals surface area contributed by atoms with Crippen LogP contribution in [0.2, 0.25) is 0 Å². The molecule has 0 saturated carbocycles. The topological polar surface area (TPSA) is 24.5 Å². The van der Waals surface area contributed by atoms with Crippen LogP contribution in [0.4, 0.5) is 13.2 Å². The first-order chi connectivity index (χ1) is 7.95. The van der Waals surface area contributed by atoms with Crippen molar-refractivity contribution in [1.82, 2.24) is 10.2 Å². The average molecular weight is 256 g/mol. The van der Waals surface area contributed by atoms with Gasteiger partial charge in [0.2, 0.25) is 0 Å². The molecule has 0 spiro atoms. The molecule has 0 bridgehead atoms. The minimum Gasteiger partial charge on any atom is -0.313 e. The van der Waals surface area contributed by atoms with Gasteiger partial charge in [-0.05, 0) is 20.0 Å². The summed E-state index contributed by atoms with van der Waals surface area (Å²) in [7, 11) is 2.02. The van der Waals surface area contributed by atoms with Crippen molar-refractivity contribution >= 4 is 0 Å². The van der Waals surface area contributed by atoms with Crippen LogP contribution in [0.1, 0.15) is 26.2 Å². The summed E-state index contributed by atoms with van der Waals surface area (Å²) in [6.45, 7) is 4.61. The molecule has 6 heteroatoms. The monoisotopic (exact) mass is 256 g/mol. The average Bonchev–Trinajstić information content (AvgIpc) is 2.22. The van der Waals surface area contributed by atoms with E-state index in [0.717, 1.165) is 13.1 Å². The zero-order valence-corrected chi connectivity index (χ0v) is 10.6. The second-order valence-electron chi connectivity index (χ2n) is 4.05. The Kier molecular flexibility index (Phi) is 9.49. The standard InChI is InChI=1S/C11H23F3N2O/c1-3-4-5-8-16(2)9-6-15-7-10-17-11(12,13)14/h15H,3-10H2,1-2H3. The van der Waals surface area contributed by atoms with Crippen molar-refractivity contribution in [2.45, 2.75) is 32.5 Å². The van der Waals surface area contributed by atoms with E-state index in [9.17, 15) is 13.2 Å². The third-order valence-electron chi connectivity index (χ3n) is 2.36. The van der Waals surface area contributed by atoms with Crippen molar-refractivity contribution in [3.8, 4) is 0 Å². The normalized spacial score (nSPS) is 12.4. The van der Waals surface area contributed by atoms with E-state index >= 15 is 0 Å². The lowest BCUT2D eigenvalue weighted by Gasteiger charge is -2.16. The van der Waals surface area contributed by atoms with Crippen molar-refractivity contribution in [2.24, 2.45) is 0 Å². The second kappa shape index (κ2) is 9.67. The number of halogens is 3. The maximum absolute atomic E-state index is 11.6. The van der Waals surface area contributed by atoms with Crippen LogP contribution in [-0.2, 0) is 4.74 Å². The predicted octanol–water partition coefficient (Wildman–Crippen LogP) is 2.23. The molecule has 104 valence electrons. The molecule has 0 aromatic carbocycles. The van der Waals surface area contributed by atoms with Gasteiger partial charge in [0.1, 0.15) is 0 Å². The van der Waals surface area contributed by atoms with E-state index in [4.69, 9.17) is 0 Å². The molecule has 0 unspecified atom stereocenters. The Hall–Kier alpha value is -0.330. The van der Waals surface area contributed by atoms with E-state index in [-0.39, 0.29) is 13.2 Å². The Bertz CT molecular complexity index is 177. The van der Waals surface area contributed by atoms with Gasteiger partial charge in [-0.1, -0.05) is 19.8 Å². The summed E-state index contributed by atoms with van der Waals surface area (Å²) in [5.41, 5.74) is 0. The number of nitrogens with zero attached hydrogens (tertiary/aromatic N) is 1. The van der Waals surface area contributed by atoms with E-state index in [1.165, 1.54) is 19.3 Å². The van der Waals surface area contributed by atoms with Gasteiger partial charge in [-0.15, -0.1) is 13.2 Å². The first kappa shape index (κ1) is 16.7. The number of rotatable bonds is 10. The second-order valence-corrected chi connectivity index (χ2v) is 4.05. The number of nitrogens with one attached hydrogen (secondary N) is 1. The lowest BCUT2D eigenvalue weighted by Crippen LogP contribution is -2.32. The van der Waals surface area contributed by atoms with Gasteiger partial charge in [0.15, 0.2) is 0 Å². The fraction of sp³-hybridized carbons (Fsp3) is 1.00. The van der Waals surface area contributed by atoms with Crippen LogP contribution in [0, 0.1) is 0 Å². The van der Waals surface area contributed by atoms with Crippen LogP contribution in [0.15, 0.2) is 0 Å². The maximum atomic E-state index is 11.6. The third-order valence-corrected chi connectivity index (χ3v) is 2.36. The summed E-state index contributed by atoms with van der Waals surface area (Å²) < 4.78 is 38.5. The molecule has 1 N–H and O–H groups in total. The minimum absolute atomic E-state index is 0.225. The SMILES string of the molecule is CCCCCN(C)CCNCCOC(F)(F)F. The summed E-state index contributed by atoms with van der Waals surface area (Å²) in [6.07, 6.45) is -0.930. The van der Waals surface area contributed by atoms with Gasteiger partial charge in [-0.25, -0.2) is 0 Å². The fourth-order valence-electron chi connectivity index (χ4n) is 1.38. The van der Waals surface area contributed by atoms with Crippen molar-refractivity contribution in [3.05, 3.63) is 0 Å². The molecule has 0 fully saturated rings. The predicted molar refractivity (Wildman–Crippen MR) is 61.9 cm³/mol. The largest absolute Gasteiger partial charge is 0.522 e. The van der Waals surface area contributed by atoms with Crippen molar-refractivity contribution in [1.29, 1.82) is 0 Å². The summed E-state index contributed by atoms with van der Waals surface area (Å²) in [5.74, 6) is 0. The number of likely N-dealkylation sites (N-methyl/N-ethyl adjacent to an activating group) is 1. The Balaban J connectivity index is 3.22. The Morgan fingerprint density at radius 2 is 1.82 bits per heavy atom. The summed E-state index contributed by atoms with van der Waals surface area (Å²) in [4.78, 5) is 2.17. The molecule has 3 nitrogen and oxygen atoms in total. The van der Waals surface area contributed by atoms with Crippen LogP contribution in [0.5, 0.6) is 0 Å². The lowest BCUT2D eigenvalue weighted by atomic mass is 10.2. The van der Waals surface area contributed by atoms with Crippen LogP contribution >= 0.6 is 0 Å². The van der Waals surface area contributed by atoms with E-state index < -0.39 is 6.36 Å². The van der Waals surface area contributed by atoms with E-state index in [1.807, 2.05) is 7.05 Å². The molecule has 0 rings (SSSR count). The summed E-state index contributed by atoms with van der Waals surface area (Å²) >= 11 is 0.